The molecule has 1 aliphatic heterocycles. The lowest BCUT2D eigenvalue weighted by Crippen LogP contribution is -2.42. The number of H-pyrrole nitrogens is 1. The van der Waals surface area contributed by atoms with Gasteiger partial charge >= 0.3 is 0 Å². The Kier molecular flexibility index (Phi) is 5.02. The van der Waals surface area contributed by atoms with E-state index in [-0.39, 0.29) is 11.8 Å². The lowest BCUT2D eigenvalue weighted by Gasteiger charge is -2.31. The van der Waals surface area contributed by atoms with Gasteiger partial charge in [-0.25, -0.2) is 9.97 Å². The van der Waals surface area contributed by atoms with Crippen LogP contribution in [-0.4, -0.2) is 50.0 Å². The summed E-state index contributed by atoms with van der Waals surface area (Å²) < 4.78 is 2.13. The van der Waals surface area contributed by atoms with Gasteiger partial charge in [0.1, 0.15) is 5.69 Å². The van der Waals surface area contributed by atoms with E-state index < -0.39 is 0 Å². The van der Waals surface area contributed by atoms with Gasteiger partial charge in [0.25, 0.3) is 0 Å². The van der Waals surface area contributed by atoms with Crippen LogP contribution in [0.1, 0.15) is 12.8 Å². The van der Waals surface area contributed by atoms with Crippen LogP contribution in [0.15, 0.2) is 49.1 Å². The number of nitrogens with two attached hydrogens (primary N) is 1. The van der Waals surface area contributed by atoms with Crippen molar-refractivity contribution < 1.29 is 4.79 Å². The topological polar surface area (TPSA) is 92.8 Å². The number of hydrogen-bond donors (Lipinski definition) is 2. The Morgan fingerprint density at radius 2 is 2.07 bits per heavy atom. The van der Waals surface area contributed by atoms with Crippen LogP contribution in [0.4, 0.5) is 0 Å². The highest BCUT2D eigenvalue weighted by Crippen LogP contribution is 2.29. The van der Waals surface area contributed by atoms with Gasteiger partial charge in [-0.2, -0.15) is 0 Å². The summed E-state index contributed by atoms with van der Waals surface area (Å²) in [6, 6.07) is 10.1. The normalized spacial score (nSPS) is 17.9. The van der Waals surface area contributed by atoms with Gasteiger partial charge in [0.05, 0.1) is 17.9 Å². The Hall–Kier alpha value is -2.93. The Bertz CT molecular complexity index is 887. The number of amides is 1. The second-order valence-corrected chi connectivity index (χ2v) is 6.98. The molecule has 140 valence electrons. The van der Waals surface area contributed by atoms with Crippen LogP contribution >= 0.6 is 0 Å². The number of rotatable bonds is 6. The molecule has 4 rings (SSSR count). The fraction of sp³-hybridized carbons (Fsp3) is 0.350. The molecule has 1 aliphatic rings. The Morgan fingerprint density at radius 1 is 1.22 bits per heavy atom. The van der Waals surface area contributed by atoms with Crippen LogP contribution < -0.4 is 5.73 Å². The first-order chi connectivity index (χ1) is 13.2. The van der Waals surface area contributed by atoms with E-state index in [1.54, 1.807) is 6.20 Å². The predicted molar refractivity (Wildman–Crippen MR) is 104 cm³/mol. The van der Waals surface area contributed by atoms with Crippen LogP contribution in [0.2, 0.25) is 0 Å². The first-order valence-corrected chi connectivity index (χ1v) is 9.34. The number of imidazole rings is 2. The number of carbonyl (C=O) groups excluding carboxylic acids is 1. The van der Waals surface area contributed by atoms with E-state index in [0.29, 0.717) is 0 Å². The van der Waals surface area contributed by atoms with Gasteiger partial charge < -0.3 is 20.2 Å². The number of piperidine rings is 1. The Morgan fingerprint density at radius 3 is 2.81 bits per heavy atom. The number of nitrogens with one attached hydrogen (secondary N) is 1. The highest BCUT2D eigenvalue weighted by molar-refractivity contribution is 5.77. The van der Waals surface area contributed by atoms with Crippen molar-refractivity contribution in [1.29, 1.82) is 0 Å². The van der Waals surface area contributed by atoms with Gasteiger partial charge in [0, 0.05) is 37.6 Å². The molecule has 3 N–H and O–H groups in total. The SMILES string of the molecule is NC(=O)[C@@H]1CCCN(CCn2cnc(-c3ccccc3)c2-c2ncc[nH]2)C1. The number of hydrogen-bond acceptors (Lipinski definition) is 4. The lowest BCUT2D eigenvalue weighted by atomic mass is 9.97. The first kappa shape index (κ1) is 17.5. The largest absolute Gasteiger partial charge is 0.369 e. The summed E-state index contributed by atoms with van der Waals surface area (Å²) in [5, 5.41) is 0. The zero-order valence-electron chi connectivity index (χ0n) is 15.2. The second-order valence-electron chi connectivity index (χ2n) is 6.98. The molecule has 3 heterocycles. The standard InChI is InChI=1S/C20H24N6O/c21-19(27)16-7-4-10-25(13-16)11-12-26-14-24-17(15-5-2-1-3-6-15)18(26)20-22-8-9-23-20/h1-3,5-6,8-9,14,16H,4,7,10-13H2,(H2,21,27)(H,22,23)/t16-/m1/s1. The molecule has 3 aromatic rings. The highest BCUT2D eigenvalue weighted by Gasteiger charge is 2.24. The molecule has 1 atom stereocenters. The molecule has 2 aromatic heterocycles. The number of carbonyl (C=O) groups is 1. The fourth-order valence-electron chi connectivity index (χ4n) is 3.74. The zero-order chi connectivity index (χ0) is 18.6. The second kappa shape index (κ2) is 7.75. The monoisotopic (exact) mass is 364 g/mol. The summed E-state index contributed by atoms with van der Waals surface area (Å²) in [6.07, 6.45) is 7.35. The van der Waals surface area contributed by atoms with E-state index >= 15 is 0 Å². The number of aromatic amines is 1. The molecule has 0 bridgehead atoms. The van der Waals surface area contributed by atoms with E-state index in [9.17, 15) is 4.79 Å². The van der Waals surface area contributed by atoms with Gasteiger partial charge in [-0.15, -0.1) is 0 Å². The summed E-state index contributed by atoms with van der Waals surface area (Å²) >= 11 is 0. The van der Waals surface area contributed by atoms with Gasteiger partial charge in [-0.05, 0) is 19.4 Å². The minimum Gasteiger partial charge on any atom is -0.369 e. The molecule has 0 unspecified atom stereocenters. The van der Waals surface area contributed by atoms with E-state index in [2.05, 4.69) is 36.6 Å². The van der Waals surface area contributed by atoms with Crippen molar-refractivity contribution in [3.05, 3.63) is 49.1 Å². The van der Waals surface area contributed by atoms with Crippen LogP contribution in [0.5, 0.6) is 0 Å². The van der Waals surface area contributed by atoms with Crippen molar-refractivity contribution in [2.45, 2.75) is 19.4 Å². The van der Waals surface area contributed by atoms with Crippen molar-refractivity contribution in [2.24, 2.45) is 11.7 Å². The molecule has 0 radical (unpaired) electrons. The fourth-order valence-corrected chi connectivity index (χ4v) is 3.74. The molecular weight excluding hydrogens is 340 g/mol. The van der Waals surface area contributed by atoms with Gasteiger partial charge in [0.15, 0.2) is 5.82 Å². The van der Waals surface area contributed by atoms with E-state index in [0.717, 1.165) is 61.8 Å². The number of benzene rings is 1. The number of likely N-dealkylation sites (tertiary alicyclic amines) is 1. The van der Waals surface area contributed by atoms with Crippen molar-refractivity contribution in [3.63, 3.8) is 0 Å². The van der Waals surface area contributed by atoms with Crippen LogP contribution in [0.3, 0.4) is 0 Å². The lowest BCUT2D eigenvalue weighted by molar-refractivity contribution is -0.123. The third-order valence-electron chi connectivity index (χ3n) is 5.17. The van der Waals surface area contributed by atoms with Crippen molar-refractivity contribution in [1.82, 2.24) is 24.4 Å². The first-order valence-electron chi connectivity index (χ1n) is 9.34. The third kappa shape index (κ3) is 3.78. The smallest absolute Gasteiger partial charge is 0.221 e. The molecule has 1 saturated heterocycles. The quantitative estimate of drug-likeness (QED) is 0.701. The summed E-state index contributed by atoms with van der Waals surface area (Å²) in [5.41, 5.74) is 8.46. The van der Waals surface area contributed by atoms with Gasteiger partial charge in [0.2, 0.25) is 5.91 Å². The van der Waals surface area contributed by atoms with Gasteiger partial charge in [-0.3, -0.25) is 4.79 Å². The summed E-state index contributed by atoms with van der Waals surface area (Å²) in [5.74, 6) is 0.580. The molecule has 7 nitrogen and oxygen atoms in total. The van der Waals surface area contributed by atoms with E-state index in [1.807, 2.05) is 30.7 Å². The molecule has 1 fully saturated rings. The molecule has 27 heavy (non-hydrogen) atoms. The van der Waals surface area contributed by atoms with Crippen LogP contribution in [0, 0.1) is 5.92 Å². The number of primary amides is 1. The number of nitrogens with zero attached hydrogens (tertiary/aromatic N) is 4. The van der Waals surface area contributed by atoms with E-state index in [4.69, 9.17) is 5.73 Å². The van der Waals surface area contributed by atoms with E-state index in [1.165, 1.54) is 0 Å². The van der Waals surface area contributed by atoms with Crippen LogP contribution in [0.25, 0.3) is 22.8 Å². The zero-order valence-corrected chi connectivity index (χ0v) is 15.2. The molecule has 1 amide bonds. The van der Waals surface area contributed by atoms with Crippen LogP contribution in [-0.2, 0) is 11.3 Å². The average molecular weight is 364 g/mol. The Balaban J connectivity index is 1.56. The molecule has 0 aliphatic carbocycles. The molecule has 7 heteroatoms. The van der Waals surface area contributed by atoms with Crippen molar-refractivity contribution in [3.8, 4) is 22.8 Å². The minimum absolute atomic E-state index is 0.0361. The Labute approximate surface area is 158 Å². The minimum atomic E-state index is -0.190. The third-order valence-corrected chi connectivity index (χ3v) is 5.17. The van der Waals surface area contributed by atoms with Gasteiger partial charge in [-0.1, -0.05) is 30.3 Å². The summed E-state index contributed by atoms with van der Waals surface area (Å²) in [6.45, 7) is 3.37. The predicted octanol–water partition coefficient (Wildman–Crippen LogP) is 2.14. The number of aromatic nitrogens is 4. The maximum atomic E-state index is 11.5. The molecule has 1 aromatic carbocycles. The maximum Gasteiger partial charge on any atom is 0.221 e. The summed E-state index contributed by atoms with van der Waals surface area (Å²) in [7, 11) is 0. The van der Waals surface area contributed by atoms with Crippen molar-refractivity contribution in [2.75, 3.05) is 19.6 Å². The average Bonchev–Trinajstić information content (AvgIpc) is 3.36. The molecule has 0 spiro atoms. The molecule has 0 saturated carbocycles. The summed E-state index contributed by atoms with van der Waals surface area (Å²) in [4.78, 5) is 26.1. The molecular formula is C20H24N6O. The van der Waals surface area contributed by atoms with Crippen molar-refractivity contribution >= 4 is 5.91 Å². The maximum absolute atomic E-state index is 11.5. The highest BCUT2D eigenvalue weighted by atomic mass is 16.1.